The second-order valence-corrected chi connectivity index (χ2v) is 5.24. The van der Waals surface area contributed by atoms with Gasteiger partial charge in [0.15, 0.2) is 5.79 Å². The van der Waals surface area contributed by atoms with Crippen molar-refractivity contribution >= 4 is 5.78 Å². The predicted molar refractivity (Wildman–Crippen MR) is 68.4 cm³/mol. The van der Waals surface area contributed by atoms with Gasteiger partial charge in [-0.3, -0.25) is 4.79 Å². The maximum atomic E-state index is 12.1. The van der Waals surface area contributed by atoms with Crippen LogP contribution in [0.25, 0.3) is 0 Å². The van der Waals surface area contributed by atoms with E-state index in [1.807, 2.05) is 30.3 Å². The van der Waals surface area contributed by atoms with E-state index in [0.717, 1.165) is 5.56 Å². The molecular weight excluding hydrogens is 244 g/mol. The van der Waals surface area contributed by atoms with Crippen LogP contribution in [0.5, 0.6) is 0 Å². The molecule has 102 valence electrons. The van der Waals surface area contributed by atoms with Crippen LogP contribution in [0.4, 0.5) is 0 Å². The van der Waals surface area contributed by atoms with Gasteiger partial charge in [0.25, 0.3) is 0 Å². The third kappa shape index (κ3) is 2.43. The van der Waals surface area contributed by atoms with E-state index in [-0.39, 0.29) is 5.78 Å². The van der Waals surface area contributed by atoms with Crippen molar-refractivity contribution in [3.05, 3.63) is 35.9 Å². The minimum Gasteiger partial charge on any atom is -0.388 e. The van der Waals surface area contributed by atoms with Crippen molar-refractivity contribution in [2.45, 2.75) is 31.2 Å². The van der Waals surface area contributed by atoms with E-state index in [1.165, 1.54) is 0 Å². The minimum absolute atomic E-state index is 0.0982. The van der Waals surface area contributed by atoms with Crippen LogP contribution >= 0.6 is 0 Å². The van der Waals surface area contributed by atoms with Gasteiger partial charge in [-0.1, -0.05) is 30.3 Å². The van der Waals surface area contributed by atoms with Gasteiger partial charge < -0.3 is 14.6 Å². The molecule has 0 bridgehead atoms. The lowest BCUT2D eigenvalue weighted by atomic mass is 9.78. The highest BCUT2D eigenvalue weighted by molar-refractivity contribution is 5.82. The first-order valence-corrected chi connectivity index (χ1v) is 6.74. The molecule has 0 aromatic heterocycles. The number of hydrogen-bond acceptors (Lipinski definition) is 4. The number of carbonyl (C=O) groups is 1. The molecule has 1 saturated carbocycles. The number of Topliss-reactive ketones (excluding diaryl/α,β-unsaturated/α-hetero) is 1. The molecule has 4 nitrogen and oxygen atoms in total. The Morgan fingerprint density at radius 3 is 2.58 bits per heavy atom. The molecule has 2 aliphatic rings. The van der Waals surface area contributed by atoms with Gasteiger partial charge in [-0.15, -0.1) is 0 Å². The van der Waals surface area contributed by atoms with Crippen LogP contribution in [0.2, 0.25) is 0 Å². The molecule has 1 saturated heterocycles. The van der Waals surface area contributed by atoms with Crippen molar-refractivity contribution in [2.75, 3.05) is 13.2 Å². The fourth-order valence-electron chi connectivity index (χ4n) is 2.98. The summed E-state index contributed by atoms with van der Waals surface area (Å²) in [6.07, 6.45) is 0.680. The second-order valence-electron chi connectivity index (χ2n) is 5.24. The topological polar surface area (TPSA) is 55.8 Å². The highest BCUT2D eigenvalue weighted by atomic mass is 16.7. The third-order valence-electron chi connectivity index (χ3n) is 4.03. The van der Waals surface area contributed by atoms with Gasteiger partial charge in [-0.05, 0) is 5.56 Å². The first-order chi connectivity index (χ1) is 9.20. The summed E-state index contributed by atoms with van der Waals surface area (Å²) in [6.45, 7) is 1.14. The van der Waals surface area contributed by atoms with Gasteiger partial charge in [0.05, 0.1) is 25.2 Å². The number of ether oxygens (including phenoxy) is 2. The number of hydrogen-bond donors (Lipinski definition) is 1. The van der Waals surface area contributed by atoms with Crippen molar-refractivity contribution in [2.24, 2.45) is 5.92 Å². The molecule has 1 N–H and O–H groups in total. The SMILES string of the molecule is O=C1CCC2(C[C@H]1[C@@H](O)c1ccccc1)OCCO2. The lowest BCUT2D eigenvalue weighted by Gasteiger charge is -2.37. The second kappa shape index (κ2) is 5.04. The molecule has 1 heterocycles. The zero-order chi connectivity index (χ0) is 13.3. The largest absolute Gasteiger partial charge is 0.388 e. The summed E-state index contributed by atoms with van der Waals surface area (Å²) < 4.78 is 11.3. The van der Waals surface area contributed by atoms with Gasteiger partial charge in [-0.2, -0.15) is 0 Å². The smallest absolute Gasteiger partial charge is 0.169 e. The Labute approximate surface area is 112 Å². The number of aliphatic hydroxyl groups is 1. The maximum Gasteiger partial charge on any atom is 0.169 e. The molecule has 1 spiro atoms. The van der Waals surface area contributed by atoms with Gasteiger partial charge in [0.1, 0.15) is 5.78 Å². The monoisotopic (exact) mass is 262 g/mol. The van der Waals surface area contributed by atoms with Crippen LogP contribution in [0.3, 0.4) is 0 Å². The predicted octanol–water partition coefficient (Wildman–Crippen LogP) is 1.83. The van der Waals surface area contributed by atoms with Crippen molar-refractivity contribution in [3.63, 3.8) is 0 Å². The van der Waals surface area contributed by atoms with Crippen molar-refractivity contribution in [1.29, 1.82) is 0 Å². The maximum absolute atomic E-state index is 12.1. The molecule has 19 heavy (non-hydrogen) atoms. The number of carbonyl (C=O) groups excluding carboxylic acids is 1. The summed E-state index contributed by atoms with van der Waals surface area (Å²) in [4.78, 5) is 12.1. The van der Waals surface area contributed by atoms with E-state index in [9.17, 15) is 9.90 Å². The summed E-state index contributed by atoms with van der Waals surface area (Å²) in [7, 11) is 0. The summed E-state index contributed by atoms with van der Waals surface area (Å²) in [6, 6.07) is 9.31. The van der Waals surface area contributed by atoms with Crippen LogP contribution in [0.1, 0.15) is 30.9 Å². The van der Waals surface area contributed by atoms with Gasteiger partial charge in [0, 0.05) is 19.3 Å². The van der Waals surface area contributed by atoms with Crippen LogP contribution in [0.15, 0.2) is 30.3 Å². The van der Waals surface area contributed by atoms with Crippen LogP contribution in [0, 0.1) is 5.92 Å². The molecule has 2 fully saturated rings. The zero-order valence-corrected chi connectivity index (χ0v) is 10.7. The number of ketones is 1. The van der Waals surface area contributed by atoms with Crippen molar-refractivity contribution < 1.29 is 19.4 Å². The van der Waals surface area contributed by atoms with E-state index >= 15 is 0 Å². The Morgan fingerprint density at radius 1 is 1.21 bits per heavy atom. The van der Waals surface area contributed by atoms with Crippen LogP contribution in [-0.4, -0.2) is 29.9 Å². The molecule has 1 aliphatic carbocycles. The van der Waals surface area contributed by atoms with E-state index in [0.29, 0.717) is 32.5 Å². The summed E-state index contributed by atoms with van der Waals surface area (Å²) >= 11 is 0. The average Bonchev–Trinajstić information content (AvgIpc) is 2.90. The van der Waals surface area contributed by atoms with E-state index in [2.05, 4.69) is 0 Å². The van der Waals surface area contributed by atoms with Gasteiger partial charge in [0.2, 0.25) is 0 Å². The first-order valence-electron chi connectivity index (χ1n) is 6.74. The Kier molecular flexibility index (Phi) is 3.39. The minimum atomic E-state index is -0.779. The molecule has 0 unspecified atom stereocenters. The van der Waals surface area contributed by atoms with Crippen LogP contribution in [-0.2, 0) is 14.3 Å². The molecule has 2 atom stereocenters. The zero-order valence-electron chi connectivity index (χ0n) is 10.7. The average molecular weight is 262 g/mol. The quantitative estimate of drug-likeness (QED) is 0.883. The van der Waals surface area contributed by atoms with Crippen molar-refractivity contribution in [1.82, 2.24) is 0 Å². The number of aliphatic hydroxyl groups excluding tert-OH is 1. The molecule has 0 amide bonds. The molecule has 4 heteroatoms. The molecule has 0 radical (unpaired) electrons. The first kappa shape index (κ1) is 12.8. The van der Waals surface area contributed by atoms with E-state index in [1.54, 1.807) is 0 Å². The lowest BCUT2D eigenvalue weighted by Crippen LogP contribution is -2.42. The number of rotatable bonds is 2. The van der Waals surface area contributed by atoms with Gasteiger partial charge >= 0.3 is 0 Å². The molecule has 1 aliphatic heterocycles. The summed E-state index contributed by atoms with van der Waals surface area (Å²) in [5.74, 6) is -0.982. The van der Waals surface area contributed by atoms with Crippen molar-refractivity contribution in [3.8, 4) is 0 Å². The van der Waals surface area contributed by atoms with E-state index < -0.39 is 17.8 Å². The fourth-order valence-corrected chi connectivity index (χ4v) is 2.98. The highest BCUT2D eigenvalue weighted by Gasteiger charge is 2.46. The Morgan fingerprint density at radius 2 is 1.89 bits per heavy atom. The molecule has 1 aromatic carbocycles. The van der Waals surface area contributed by atoms with Gasteiger partial charge in [-0.25, -0.2) is 0 Å². The molecule has 3 rings (SSSR count). The third-order valence-corrected chi connectivity index (χ3v) is 4.03. The van der Waals surface area contributed by atoms with E-state index in [4.69, 9.17) is 9.47 Å². The standard InChI is InChI=1S/C15H18O4/c16-13-6-7-15(18-8-9-19-15)10-12(13)14(17)11-4-2-1-3-5-11/h1-5,12,14,17H,6-10H2/t12-,14+/m1/s1. The fraction of sp³-hybridized carbons (Fsp3) is 0.533. The summed E-state index contributed by atoms with van der Waals surface area (Å²) in [5.41, 5.74) is 0.774. The Balaban J connectivity index is 1.80. The number of benzene rings is 1. The molecular formula is C15H18O4. The Bertz CT molecular complexity index is 450. The highest BCUT2D eigenvalue weighted by Crippen LogP contribution is 2.41. The lowest BCUT2D eigenvalue weighted by molar-refractivity contribution is -0.196. The Hall–Kier alpha value is -1.23. The normalized spacial score (nSPS) is 27.6. The summed E-state index contributed by atoms with van der Waals surface area (Å²) in [5, 5.41) is 10.4. The van der Waals surface area contributed by atoms with Crippen LogP contribution < -0.4 is 0 Å². The molecule has 1 aromatic rings.